The molecule has 0 N–H and O–H groups in total. The zero-order valence-corrected chi connectivity index (χ0v) is 10.0. The Balaban J connectivity index is 2.65. The number of rotatable bonds is 3. The summed E-state index contributed by atoms with van der Waals surface area (Å²) in [5.74, 6) is -0.0728. The Kier molecular flexibility index (Phi) is 4.33. The van der Waals surface area contributed by atoms with Gasteiger partial charge in [0, 0.05) is 12.1 Å². The molecule has 0 spiro atoms. The fourth-order valence-corrected chi connectivity index (χ4v) is 1.33. The Bertz CT molecular complexity index is 408. The summed E-state index contributed by atoms with van der Waals surface area (Å²) in [6.45, 7) is 1.69. The van der Waals surface area contributed by atoms with Crippen LogP contribution >= 0.6 is 11.6 Å². The summed E-state index contributed by atoms with van der Waals surface area (Å²) in [6, 6.07) is 8.74. The standard InChI is InChI=1S/C12H13ClN2O/c1-9(8-14)15(2)12(16)7-10-3-5-11(13)6-4-10/h3-6,9H,7H2,1-2H3. The molecule has 0 saturated heterocycles. The average Bonchev–Trinajstić information content (AvgIpc) is 2.30. The minimum absolute atomic E-state index is 0.0728. The third kappa shape index (κ3) is 3.25. The highest BCUT2D eigenvalue weighted by molar-refractivity contribution is 6.30. The zero-order chi connectivity index (χ0) is 12.1. The monoisotopic (exact) mass is 236 g/mol. The minimum Gasteiger partial charge on any atom is -0.330 e. The molecule has 0 heterocycles. The maximum absolute atomic E-state index is 11.7. The highest BCUT2D eigenvalue weighted by atomic mass is 35.5. The lowest BCUT2D eigenvalue weighted by Crippen LogP contribution is -2.35. The fourth-order valence-electron chi connectivity index (χ4n) is 1.20. The quantitative estimate of drug-likeness (QED) is 0.808. The van der Waals surface area contributed by atoms with Gasteiger partial charge >= 0.3 is 0 Å². The summed E-state index contributed by atoms with van der Waals surface area (Å²) >= 11 is 5.75. The number of carbonyl (C=O) groups is 1. The first-order valence-corrected chi connectivity index (χ1v) is 5.32. The second kappa shape index (κ2) is 5.53. The molecule has 0 aromatic heterocycles. The molecule has 1 rings (SSSR count). The zero-order valence-electron chi connectivity index (χ0n) is 9.27. The van der Waals surface area contributed by atoms with Crippen LogP contribution < -0.4 is 0 Å². The number of halogens is 1. The van der Waals surface area contributed by atoms with Gasteiger partial charge < -0.3 is 4.90 Å². The molecule has 0 radical (unpaired) electrons. The van der Waals surface area contributed by atoms with Crippen molar-refractivity contribution in [2.24, 2.45) is 0 Å². The number of nitriles is 1. The molecular weight excluding hydrogens is 224 g/mol. The molecule has 1 aromatic carbocycles. The Labute approximate surface area is 100 Å². The lowest BCUT2D eigenvalue weighted by molar-refractivity contribution is -0.130. The van der Waals surface area contributed by atoms with E-state index in [-0.39, 0.29) is 5.91 Å². The molecule has 0 bridgehead atoms. The van der Waals surface area contributed by atoms with Gasteiger partial charge in [-0.15, -0.1) is 0 Å². The first-order chi connectivity index (χ1) is 7.54. The Morgan fingerprint density at radius 3 is 2.56 bits per heavy atom. The van der Waals surface area contributed by atoms with Gasteiger partial charge in [0.15, 0.2) is 0 Å². The van der Waals surface area contributed by atoms with E-state index in [1.165, 1.54) is 4.90 Å². The number of hydrogen-bond acceptors (Lipinski definition) is 2. The van der Waals surface area contributed by atoms with E-state index in [2.05, 4.69) is 0 Å². The summed E-state index contributed by atoms with van der Waals surface area (Å²) in [7, 11) is 1.63. The van der Waals surface area contributed by atoms with Gasteiger partial charge in [-0.2, -0.15) is 5.26 Å². The maximum atomic E-state index is 11.7. The van der Waals surface area contributed by atoms with E-state index >= 15 is 0 Å². The van der Waals surface area contributed by atoms with Gasteiger partial charge in [0.1, 0.15) is 6.04 Å². The molecule has 1 atom stereocenters. The van der Waals surface area contributed by atoms with Crippen LogP contribution in [0, 0.1) is 11.3 Å². The van der Waals surface area contributed by atoms with Crippen LogP contribution in [0.2, 0.25) is 5.02 Å². The molecule has 0 aliphatic heterocycles. The van der Waals surface area contributed by atoms with Crippen molar-refractivity contribution in [3.63, 3.8) is 0 Å². The third-order valence-corrected chi connectivity index (χ3v) is 2.68. The van der Waals surface area contributed by atoms with Crippen LogP contribution in [0.15, 0.2) is 24.3 Å². The van der Waals surface area contributed by atoms with Crippen molar-refractivity contribution in [3.8, 4) is 6.07 Å². The minimum atomic E-state index is -0.403. The normalized spacial score (nSPS) is 11.6. The van der Waals surface area contributed by atoms with Crippen LogP contribution in [-0.4, -0.2) is 23.9 Å². The van der Waals surface area contributed by atoms with E-state index in [1.54, 1.807) is 26.1 Å². The van der Waals surface area contributed by atoms with Gasteiger partial charge in [-0.1, -0.05) is 23.7 Å². The number of carbonyl (C=O) groups excluding carboxylic acids is 1. The number of amides is 1. The average molecular weight is 237 g/mol. The second-order valence-corrected chi connectivity index (χ2v) is 4.05. The number of benzene rings is 1. The first kappa shape index (κ1) is 12.5. The fraction of sp³-hybridized carbons (Fsp3) is 0.333. The largest absolute Gasteiger partial charge is 0.330 e. The lowest BCUT2D eigenvalue weighted by Gasteiger charge is -2.19. The summed E-state index contributed by atoms with van der Waals surface area (Å²) in [4.78, 5) is 13.2. The van der Waals surface area contributed by atoms with Crippen molar-refractivity contribution in [1.29, 1.82) is 5.26 Å². The summed E-state index contributed by atoms with van der Waals surface area (Å²) in [6.07, 6.45) is 0.291. The maximum Gasteiger partial charge on any atom is 0.227 e. The first-order valence-electron chi connectivity index (χ1n) is 4.94. The molecule has 4 heteroatoms. The lowest BCUT2D eigenvalue weighted by atomic mass is 10.1. The molecule has 1 aromatic rings. The number of nitrogens with zero attached hydrogens (tertiary/aromatic N) is 2. The smallest absolute Gasteiger partial charge is 0.227 e. The van der Waals surface area contributed by atoms with Crippen LogP contribution in [0.4, 0.5) is 0 Å². The van der Waals surface area contributed by atoms with Gasteiger partial charge in [-0.25, -0.2) is 0 Å². The van der Waals surface area contributed by atoms with Gasteiger partial charge in [-0.05, 0) is 24.6 Å². The predicted octanol–water partition coefficient (Wildman–Crippen LogP) is 2.25. The topological polar surface area (TPSA) is 44.1 Å². The number of likely N-dealkylation sites (N-methyl/N-ethyl adjacent to an activating group) is 1. The molecule has 0 aliphatic rings. The summed E-state index contributed by atoms with van der Waals surface area (Å²) < 4.78 is 0. The van der Waals surface area contributed by atoms with Gasteiger partial charge in [0.05, 0.1) is 12.5 Å². The van der Waals surface area contributed by atoms with Gasteiger partial charge in [-0.3, -0.25) is 4.79 Å². The van der Waals surface area contributed by atoms with Crippen LogP contribution in [-0.2, 0) is 11.2 Å². The van der Waals surface area contributed by atoms with Crippen LogP contribution in [0.5, 0.6) is 0 Å². The SMILES string of the molecule is CC(C#N)N(C)C(=O)Cc1ccc(Cl)cc1. The number of hydrogen-bond donors (Lipinski definition) is 0. The molecular formula is C12H13ClN2O. The van der Waals surface area contributed by atoms with E-state index in [9.17, 15) is 4.79 Å². The molecule has 0 aliphatic carbocycles. The van der Waals surface area contributed by atoms with Crippen molar-refractivity contribution >= 4 is 17.5 Å². The van der Waals surface area contributed by atoms with E-state index < -0.39 is 6.04 Å². The molecule has 3 nitrogen and oxygen atoms in total. The van der Waals surface area contributed by atoms with E-state index in [1.807, 2.05) is 18.2 Å². The Morgan fingerprint density at radius 1 is 1.50 bits per heavy atom. The van der Waals surface area contributed by atoms with Crippen molar-refractivity contribution < 1.29 is 4.79 Å². The molecule has 84 valence electrons. The van der Waals surface area contributed by atoms with Gasteiger partial charge in [0.25, 0.3) is 0 Å². The third-order valence-electron chi connectivity index (χ3n) is 2.43. The Morgan fingerprint density at radius 2 is 2.06 bits per heavy atom. The molecule has 1 unspecified atom stereocenters. The highest BCUT2D eigenvalue weighted by Gasteiger charge is 2.14. The van der Waals surface area contributed by atoms with Crippen molar-refractivity contribution in [2.45, 2.75) is 19.4 Å². The van der Waals surface area contributed by atoms with Crippen molar-refractivity contribution in [1.82, 2.24) is 4.90 Å². The van der Waals surface area contributed by atoms with Crippen molar-refractivity contribution in [3.05, 3.63) is 34.9 Å². The summed E-state index contributed by atoms with van der Waals surface area (Å²) in [5.41, 5.74) is 0.895. The van der Waals surface area contributed by atoms with Crippen molar-refractivity contribution in [2.75, 3.05) is 7.05 Å². The van der Waals surface area contributed by atoms with Crippen LogP contribution in [0.1, 0.15) is 12.5 Å². The van der Waals surface area contributed by atoms with E-state index in [4.69, 9.17) is 16.9 Å². The second-order valence-electron chi connectivity index (χ2n) is 3.61. The summed E-state index contributed by atoms with van der Waals surface area (Å²) in [5, 5.41) is 9.34. The van der Waals surface area contributed by atoms with Crippen LogP contribution in [0.3, 0.4) is 0 Å². The molecule has 16 heavy (non-hydrogen) atoms. The molecule has 0 saturated carbocycles. The molecule has 1 amide bonds. The van der Waals surface area contributed by atoms with Gasteiger partial charge in [0.2, 0.25) is 5.91 Å². The molecule has 0 fully saturated rings. The highest BCUT2D eigenvalue weighted by Crippen LogP contribution is 2.11. The van der Waals surface area contributed by atoms with Crippen LogP contribution in [0.25, 0.3) is 0 Å². The Hall–Kier alpha value is -1.53. The predicted molar refractivity (Wildman–Crippen MR) is 63.0 cm³/mol. The van der Waals surface area contributed by atoms with E-state index in [0.29, 0.717) is 11.4 Å². The van der Waals surface area contributed by atoms with E-state index in [0.717, 1.165) is 5.56 Å².